The summed E-state index contributed by atoms with van der Waals surface area (Å²) in [7, 11) is 3.17. The summed E-state index contributed by atoms with van der Waals surface area (Å²) in [6, 6.07) is 12.7. The molecule has 2 aromatic heterocycles. The van der Waals surface area contributed by atoms with Gasteiger partial charge in [-0.1, -0.05) is 18.2 Å². The number of methoxy groups -OCH3 is 2. The lowest BCUT2D eigenvalue weighted by Crippen LogP contribution is -2.26. The lowest BCUT2D eigenvalue weighted by molar-refractivity contribution is 0.0940. The number of aryl methyl sites for hydroxylation is 2. The van der Waals surface area contributed by atoms with Gasteiger partial charge in [-0.2, -0.15) is 5.10 Å². The number of nitrogens with one attached hydrogen (secondary N) is 1. The Hall–Kier alpha value is -4.07. The first-order chi connectivity index (χ1) is 17.5. The Morgan fingerprint density at radius 2 is 1.78 bits per heavy atom. The van der Waals surface area contributed by atoms with Crippen LogP contribution >= 0.6 is 0 Å². The van der Waals surface area contributed by atoms with Crippen molar-refractivity contribution in [2.45, 2.75) is 45.2 Å². The summed E-state index contributed by atoms with van der Waals surface area (Å²) in [5.74, 6) is 1.08. The molecule has 4 aromatic rings. The molecule has 2 heterocycles. The van der Waals surface area contributed by atoms with Gasteiger partial charge in [0.2, 0.25) is 0 Å². The van der Waals surface area contributed by atoms with Gasteiger partial charge in [0, 0.05) is 23.5 Å². The van der Waals surface area contributed by atoms with Gasteiger partial charge in [0.1, 0.15) is 5.52 Å². The minimum Gasteiger partial charge on any atom is -0.493 e. The van der Waals surface area contributed by atoms with E-state index >= 15 is 0 Å². The zero-order chi connectivity index (χ0) is 25.2. The topological polar surface area (TPSA) is 86.9 Å². The van der Waals surface area contributed by atoms with E-state index in [0.717, 1.165) is 48.1 Å². The molecule has 1 amide bonds. The molecule has 186 valence electrons. The lowest BCUT2D eigenvalue weighted by atomic mass is 9.97. The van der Waals surface area contributed by atoms with Crippen molar-refractivity contribution < 1.29 is 14.3 Å². The van der Waals surface area contributed by atoms with Gasteiger partial charge in [0.25, 0.3) is 11.5 Å². The predicted octanol–water partition coefficient (Wildman–Crippen LogP) is 3.93. The normalized spacial score (nSPS) is 13.8. The Morgan fingerprint density at radius 1 is 1.03 bits per heavy atom. The second-order valence-electron chi connectivity index (χ2n) is 9.16. The fraction of sp³-hybridized carbons (Fsp3) is 0.321. The van der Waals surface area contributed by atoms with E-state index in [1.165, 1.54) is 0 Å². The summed E-state index contributed by atoms with van der Waals surface area (Å²) in [6.45, 7) is 2.35. The number of benzene rings is 2. The summed E-state index contributed by atoms with van der Waals surface area (Å²) in [6.07, 6.45) is 7.69. The first-order valence-corrected chi connectivity index (χ1v) is 12.2. The van der Waals surface area contributed by atoms with Gasteiger partial charge in [0.15, 0.2) is 11.5 Å². The number of ether oxygens (including phenoxy) is 2. The molecule has 2 aromatic carbocycles. The number of rotatable bonds is 7. The summed E-state index contributed by atoms with van der Waals surface area (Å²) in [5, 5.41) is 7.63. The van der Waals surface area contributed by atoms with Crippen LogP contribution < -0.4 is 20.3 Å². The molecule has 0 saturated carbocycles. The fourth-order valence-corrected chi connectivity index (χ4v) is 4.82. The van der Waals surface area contributed by atoms with Crippen LogP contribution in [0.25, 0.3) is 5.52 Å². The van der Waals surface area contributed by atoms with E-state index in [4.69, 9.17) is 9.47 Å². The number of hydrogen-bond donors (Lipinski definition) is 1. The molecule has 0 fully saturated rings. The largest absolute Gasteiger partial charge is 0.493 e. The lowest BCUT2D eigenvalue weighted by Gasteiger charge is -2.17. The van der Waals surface area contributed by atoms with Gasteiger partial charge in [-0.15, -0.1) is 0 Å². The number of hydrogen-bond acceptors (Lipinski definition) is 5. The van der Waals surface area contributed by atoms with Crippen LogP contribution in [-0.2, 0) is 19.4 Å². The molecule has 5 rings (SSSR count). The van der Waals surface area contributed by atoms with Gasteiger partial charge in [0.05, 0.1) is 32.5 Å². The third kappa shape index (κ3) is 4.46. The molecule has 1 atom stereocenters. The van der Waals surface area contributed by atoms with Crippen molar-refractivity contribution in [2.75, 3.05) is 14.2 Å². The van der Waals surface area contributed by atoms with Crippen LogP contribution in [-0.4, -0.2) is 34.3 Å². The van der Waals surface area contributed by atoms with E-state index in [1.807, 2.05) is 43.5 Å². The smallest absolute Gasteiger partial charge is 0.277 e. The number of nitrogens with zero attached hydrogens (tertiary/aromatic N) is 3. The van der Waals surface area contributed by atoms with E-state index in [9.17, 15) is 9.59 Å². The molecule has 8 heteroatoms. The van der Waals surface area contributed by atoms with Gasteiger partial charge in [-0.25, -0.2) is 4.52 Å². The number of carbonyl (C=O) groups excluding carboxylic acids is 1. The zero-order valence-electron chi connectivity index (χ0n) is 20.8. The van der Waals surface area contributed by atoms with Crippen molar-refractivity contribution in [2.24, 2.45) is 0 Å². The second-order valence-corrected chi connectivity index (χ2v) is 9.16. The van der Waals surface area contributed by atoms with Crippen molar-refractivity contribution in [3.8, 4) is 11.5 Å². The average molecular weight is 487 g/mol. The number of carbonyl (C=O) groups is 1. The van der Waals surface area contributed by atoms with Crippen molar-refractivity contribution in [1.29, 1.82) is 0 Å². The third-order valence-electron chi connectivity index (χ3n) is 6.86. The highest BCUT2D eigenvalue weighted by molar-refractivity contribution is 5.94. The van der Waals surface area contributed by atoms with Crippen molar-refractivity contribution >= 4 is 11.4 Å². The average Bonchev–Trinajstić information content (AvgIpc) is 3.29. The van der Waals surface area contributed by atoms with Crippen LogP contribution in [0.4, 0.5) is 0 Å². The molecule has 1 aliphatic carbocycles. The highest BCUT2D eigenvalue weighted by atomic mass is 16.5. The quantitative estimate of drug-likeness (QED) is 0.428. The molecule has 0 saturated heterocycles. The van der Waals surface area contributed by atoms with Crippen molar-refractivity contribution in [3.63, 3.8) is 0 Å². The summed E-state index contributed by atoms with van der Waals surface area (Å²) in [5.41, 5.74) is 5.21. The number of amides is 1. The summed E-state index contributed by atoms with van der Waals surface area (Å²) >= 11 is 0. The van der Waals surface area contributed by atoms with E-state index in [1.54, 1.807) is 41.6 Å². The van der Waals surface area contributed by atoms with E-state index in [2.05, 4.69) is 10.4 Å². The Bertz CT molecular complexity index is 1470. The van der Waals surface area contributed by atoms with Crippen molar-refractivity contribution in [3.05, 3.63) is 93.2 Å². The Morgan fingerprint density at radius 3 is 2.53 bits per heavy atom. The van der Waals surface area contributed by atoms with Crippen LogP contribution in [0, 0.1) is 0 Å². The van der Waals surface area contributed by atoms with Crippen LogP contribution in [0.3, 0.4) is 0 Å². The van der Waals surface area contributed by atoms with E-state index in [0.29, 0.717) is 29.1 Å². The molecule has 1 N–H and O–H groups in total. The molecule has 1 aliphatic rings. The first-order valence-electron chi connectivity index (χ1n) is 12.2. The molecular weight excluding hydrogens is 456 g/mol. The SMILES string of the molecule is COc1ccc(C(C)NC(=O)c2ccc(Cn3ccn4nc5c(c4c3=O)CCCC5)cc2)cc1OC. The minimum atomic E-state index is -0.219. The van der Waals surface area contributed by atoms with E-state index < -0.39 is 0 Å². The highest BCUT2D eigenvalue weighted by Crippen LogP contribution is 2.30. The van der Waals surface area contributed by atoms with Gasteiger partial charge < -0.3 is 19.4 Å². The molecule has 36 heavy (non-hydrogen) atoms. The summed E-state index contributed by atoms with van der Waals surface area (Å²) < 4.78 is 14.1. The Kier molecular flexibility index (Phi) is 6.50. The molecular formula is C28H30N4O4. The van der Waals surface area contributed by atoms with Crippen LogP contribution in [0.1, 0.15) is 58.5 Å². The van der Waals surface area contributed by atoms with Crippen LogP contribution in [0.5, 0.6) is 11.5 Å². The third-order valence-corrected chi connectivity index (χ3v) is 6.86. The van der Waals surface area contributed by atoms with Crippen LogP contribution in [0.15, 0.2) is 59.7 Å². The predicted molar refractivity (Wildman–Crippen MR) is 137 cm³/mol. The molecule has 0 aliphatic heterocycles. The molecule has 0 spiro atoms. The summed E-state index contributed by atoms with van der Waals surface area (Å²) in [4.78, 5) is 26.1. The maximum atomic E-state index is 13.2. The van der Waals surface area contributed by atoms with Gasteiger partial charge in [-0.3, -0.25) is 9.59 Å². The van der Waals surface area contributed by atoms with Gasteiger partial charge in [-0.05, 0) is 68.0 Å². The number of fused-ring (bicyclic) bond motifs is 3. The molecule has 0 bridgehead atoms. The number of aromatic nitrogens is 3. The molecule has 8 nitrogen and oxygen atoms in total. The second kappa shape index (κ2) is 9.89. The first kappa shape index (κ1) is 23.7. The monoisotopic (exact) mass is 486 g/mol. The molecule has 0 radical (unpaired) electrons. The maximum Gasteiger partial charge on any atom is 0.277 e. The molecule has 1 unspecified atom stereocenters. The zero-order valence-corrected chi connectivity index (χ0v) is 20.8. The Balaban J connectivity index is 1.29. The Labute approximate surface area is 209 Å². The van der Waals surface area contributed by atoms with E-state index in [-0.39, 0.29) is 17.5 Å². The van der Waals surface area contributed by atoms with Gasteiger partial charge >= 0.3 is 0 Å². The standard InChI is InChI=1S/C28H30N4O4/c1-18(21-12-13-24(35-2)25(16-21)36-3)29-27(33)20-10-8-19(9-11-20)17-31-14-15-32-26(28(31)34)22-6-4-5-7-23(22)30-32/h8-16,18H,4-7,17H2,1-3H3,(H,29,33). The highest BCUT2D eigenvalue weighted by Gasteiger charge is 2.20. The maximum absolute atomic E-state index is 13.2. The van der Waals surface area contributed by atoms with Crippen LogP contribution in [0.2, 0.25) is 0 Å². The fourth-order valence-electron chi connectivity index (χ4n) is 4.82. The van der Waals surface area contributed by atoms with Crippen molar-refractivity contribution in [1.82, 2.24) is 19.5 Å². The minimum absolute atomic E-state index is 0.0290.